The Labute approximate surface area is 94.0 Å². The zero-order valence-electron chi connectivity index (χ0n) is 9.29. The number of hydrogen-bond acceptors (Lipinski definition) is 3. The summed E-state index contributed by atoms with van der Waals surface area (Å²) < 4.78 is -0.00978. The lowest BCUT2D eigenvalue weighted by Crippen LogP contribution is -2.42. The SMILES string of the molecule is CSC(C)(C)CNC(=O)NCCC(=O)O. The van der Waals surface area contributed by atoms with E-state index in [1.165, 1.54) is 0 Å². The topological polar surface area (TPSA) is 78.4 Å². The van der Waals surface area contributed by atoms with Crippen molar-refractivity contribution in [3.05, 3.63) is 0 Å². The Morgan fingerprint density at radius 2 is 1.93 bits per heavy atom. The Balaban J connectivity index is 3.62. The first-order chi connectivity index (χ1) is 6.87. The maximum atomic E-state index is 11.2. The second-order valence-electron chi connectivity index (χ2n) is 3.72. The first kappa shape index (κ1) is 14.1. The second-order valence-corrected chi connectivity index (χ2v) is 5.23. The third-order valence-corrected chi connectivity index (χ3v) is 3.10. The van der Waals surface area contributed by atoms with Crippen molar-refractivity contribution in [3.63, 3.8) is 0 Å². The molecule has 3 N–H and O–H groups in total. The third kappa shape index (κ3) is 8.11. The molecule has 6 heteroatoms. The smallest absolute Gasteiger partial charge is 0.314 e. The maximum absolute atomic E-state index is 11.2. The molecule has 0 atom stereocenters. The molecule has 0 aliphatic rings. The molecule has 0 aromatic carbocycles. The van der Waals surface area contributed by atoms with E-state index >= 15 is 0 Å². The van der Waals surface area contributed by atoms with Crippen molar-refractivity contribution in [1.82, 2.24) is 10.6 Å². The van der Waals surface area contributed by atoms with Crippen molar-refractivity contribution in [3.8, 4) is 0 Å². The van der Waals surface area contributed by atoms with E-state index < -0.39 is 5.97 Å². The van der Waals surface area contributed by atoms with E-state index in [1.807, 2.05) is 20.1 Å². The third-order valence-electron chi connectivity index (χ3n) is 1.85. The van der Waals surface area contributed by atoms with Gasteiger partial charge in [0.25, 0.3) is 0 Å². The highest BCUT2D eigenvalue weighted by atomic mass is 32.2. The van der Waals surface area contributed by atoms with Gasteiger partial charge in [-0.25, -0.2) is 4.79 Å². The lowest BCUT2D eigenvalue weighted by atomic mass is 10.2. The van der Waals surface area contributed by atoms with E-state index in [1.54, 1.807) is 11.8 Å². The van der Waals surface area contributed by atoms with Crippen molar-refractivity contribution in [2.75, 3.05) is 19.3 Å². The van der Waals surface area contributed by atoms with Crippen LogP contribution in [-0.2, 0) is 4.79 Å². The average Bonchev–Trinajstić information content (AvgIpc) is 2.14. The summed E-state index contributed by atoms with van der Waals surface area (Å²) >= 11 is 1.66. The number of thioether (sulfide) groups is 1. The van der Waals surface area contributed by atoms with Crippen molar-refractivity contribution in [2.24, 2.45) is 0 Å². The van der Waals surface area contributed by atoms with E-state index in [9.17, 15) is 9.59 Å². The van der Waals surface area contributed by atoms with Crippen molar-refractivity contribution >= 4 is 23.8 Å². The first-order valence-corrected chi connectivity index (χ1v) is 5.88. The Morgan fingerprint density at radius 3 is 2.40 bits per heavy atom. The number of carboxylic acids is 1. The lowest BCUT2D eigenvalue weighted by molar-refractivity contribution is -0.136. The second kappa shape index (κ2) is 6.55. The van der Waals surface area contributed by atoms with E-state index in [0.29, 0.717) is 6.54 Å². The predicted octanol–water partition coefficient (Wildman–Crippen LogP) is 0.902. The highest BCUT2D eigenvalue weighted by molar-refractivity contribution is 7.99. The molecule has 15 heavy (non-hydrogen) atoms. The molecule has 0 aromatic heterocycles. The summed E-state index contributed by atoms with van der Waals surface area (Å²) in [7, 11) is 0. The van der Waals surface area contributed by atoms with Crippen LogP contribution in [0.5, 0.6) is 0 Å². The number of aliphatic carboxylic acids is 1. The van der Waals surface area contributed by atoms with Crippen molar-refractivity contribution in [2.45, 2.75) is 25.0 Å². The predicted molar refractivity (Wildman–Crippen MR) is 61.2 cm³/mol. The fourth-order valence-corrected chi connectivity index (χ4v) is 0.927. The van der Waals surface area contributed by atoms with E-state index in [2.05, 4.69) is 10.6 Å². The van der Waals surface area contributed by atoms with Gasteiger partial charge in [0.1, 0.15) is 0 Å². The largest absolute Gasteiger partial charge is 0.481 e. The molecule has 0 bridgehead atoms. The van der Waals surface area contributed by atoms with Gasteiger partial charge in [-0.1, -0.05) is 0 Å². The number of hydrogen-bond donors (Lipinski definition) is 3. The summed E-state index contributed by atoms with van der Waals surface area (Å²) in [6.45, 7) is 4.75. The molecule has 0 aromatic rings. The molecule has 0 saturated carbocycles. The summed E-state index contributed by atoms with van der Waals surface area (Å²) in [5.41, 5.74) is 0. The minimum Gasteiger partial charge on any atom is -0.481 e. The summed E-state index contributed by atoms with van der Waals surface area (Å²) in [6, 6.07) is -0.321. The minimum atomic E-state index is -0.917. The number of nitrogens with one attached hydrogen (secondary N) is 2. The van der Waals surface area contributed by atoms with Crippen LogP contribution in [0.3, 0.4) is 0 Å². The molecule has 0 fully saturated rings. The number of amides is 2. The van der Waals surface area contributed by atoms with Gasteiger partial charge in [0.15, 0.2) is 0 Å². The van der Waals surface area contributed by atoms with Gasteiger partial charge in [0.05, 0.1) is 6.42 Å². The molecule has 0 unspecified atom stereocenters. The quantitative estimate of drug-likeness (QED) is 0.638. The van der Waals surface area contributed by atoms with Gasteiger partial charge in [0.2, 0.25) is 0 Å². The van der Waals surface area contributed by atoms with Gasteiger partial charge < -0.3 is 15.7 Å². The van der Waals surface area contributed by atoms with Gasteiger partial charge in [-0.05, 0) is 20.1 Å². The van der Waals surface area contributed by atoms with Crippen LogP contribution in [0.2, 0.25) is 0 Å². The van der Waals surface area contributed by atoms with Crippen LogP contribution in [-0.4, -0.2) is 41.2 Å². The minimum absolute atomic E-state index is 0.00978. The van der Waals surface area contributed by atoms with Gasteiger partial charge >= 0.3 is 12.0 Å². The van der Waals surface area contributed by atoms with Crippen LogP contribution in [0, 0.1) is 0 Å². The molecule has 0 aliphatic heterocycles. The van der Waals surface area contributed by atoms with Gasteiger partial charge in [-0.2, -0.15) is 11.8 Å². The molecule has 5 nitrogen and oxygen atoms in total. The van der Waals surface area contributed by atoms with E-state index in [0.717, 1.165) is 0 Å². The molecule has 0 spiro atoms. The number of rotatable bonds is 6. The highest BCUT2D eigenvalue weighted by Crippen LogP contribution is 2.19. The zero-order chi connectivity index (χ0) is 11.9. The lowest BCUT2D eigenvalue weighted by Gasteiger charge is -2.22. The van der Waals surface area contributed by atoms with E-state index in [-0.39, 0.29) is 23.7 Å². The fourth-order valence-electron chi connectivity index (χ4n) is 0.711. The Morgan fingerprint density at radius 1 is 1.33 bits per heavy atom. The average molecular weight is 234 g/mol. The van der Waals surface area contributed by atoms with Crippen molar-refractivity contribution in [1.29, 1.82) is 0 Å². The van der Waals surface area contributed by atoms with E-state index in [4.69, 9.17) is 5.11 Å². The molecule has 0 rings (SSSR count). The fraction of sp³-hybridized carbons (Fsp3) is 0.778. The summed E-state index contributed by atoms with van der Waals surface area (Å²) in [6.07, 6.45) is 1.92. The standard InChI is InChI=1S/C9H18N2O3S/c1-9(2,15-3)6-11-8(14)10-5-4-7(12)13/h4-6H2,1-3H3,(H,12,13)(H2,10,11,14). The number of carbonyl (C=O) groups is 2. The number of urea groups is 1. The van der Waals surface area contributed by atoms with Gasteiger partial charge in [-0.3, -0.25) is 4.79 Å². The number of carboxylic acid groups (broad SMARTS) is 1. The summed E-state index contributed by atoms with van der Waals surface area (Å²) in [4.78, 5) is 21.3. The molecule has 0 aliphatic carbocycles. The van der Waals surface area contributed by atoms with Crippen LogP contribution in [0.1, 0.15) is 20.3 Å². The van der Waals surface area contributed by atoms with Crippen LogP contribution >= 0.6 is 11.8 Å². The zero-order valence-corrected chi connectivity index (χ0v) is 10.1. The molecule has 0 heterocycles. The molecule has 2 amide bonds. The number of carbonyl (C=O) groups excluding carboxylic acids is 1. The monoisotopic (exact) mass is 234 g/mol. The molecular weight excluding hydrogens is 216 g/mol. The van der Waals surface area contributed by atoms with Crippen LogP contribution < -0.4 is 10.6 Å². The molecule has 88 valence electrons. The van der Waals surface area contributed by atoms with Gasteiger partial charge in [0, 0.05) is 17.8 Å². The Kier molecular flexibility index (Phi) is 6.15. The Bertz CT molecular complexity index is 231. The Hall–Kier alpha value is -0.910. The van der Waals surface area contributed by atoms with Crippen LogP contribution in [0.15, 0.2) is 0 Å². The first-order valence-electron chi connectivity index (χ1n) is 4.66. The summed E-state index contributed by atoms with van der Waals surface area (Å²) in [5, 5.41) is 13.5. The summed E-state index contributed by atoms with van der Waals surface area (Å²) in [5.74, 6) is -0.917. The highest BCUT2D eigenvalue weighted by Gasteiger charge is 2.16. The normalized spacial score (nSPS) is 10.9. The maximum Gasteiger partial charge on any atom is 0.314 e. The molecule has 0 saturated heterocycles. The van der Waals surface area contributed by atoms with Crippen LogP contribution in [0.25, 0.3) is 0 Å². The van der Waals surface area contributed by atoms with Crippen LogP contribution in [0.4, 0.5) is 4.79 Å². The van der Waals surface area contributed by atoms with Gasteiger partial charge in [-0.15, -0.1) is 0 Å². The molecular formula is C9H18N2O3S. The molecule has 0 radical (unpaired) electrons. The van der Waals surface area contributed by atoms with Crippen molar-refractivity contribution < 1.29 is 14.7 Å².